The highest BCUT2D eigenvalue weighted by Crippen LogP contribution is 2.27. The molecule has 0 saturated carbocycles. The Hall–Kier alpha value is -2.85. The van der Waals surface area contributed by atoms with Crippen molar-refractivity contribution in [1.82, 2.24) is 10.2 Å². The molecule has 1 aromatic heterocycles. The van der Waals surface area contributed by atoms with Crippen molar-refractivity contribution in [1.29, 1.82) is 5.26 Å². The maximum atomic E-state index is 13.6. The molecule has 0 bridgehead atoms. The van der Waals surface area contributed by atoms with Gasteiger partial charge in [-0.15, -0.1) is 10.2 Å². The fraction of sp³-hybridized carbons (Fsp3) is 0.167. The third-order valence-corrected chi connectivity index (χ3v) is 4.25. The van der Waals surface area contributed by atoms with E-state index in [1.807, 2.05) is 12.1 Å². The molecule has 0 N–H and O–H groups in total. The monoisotopic (exact) mass is 355 g/mol. The van der Waals surface area contributed by atoms with Crippen molar-refractivity contribution in [3.8, 4) is 11.8 Å². The molecule has 0 fully saturated rings. The predicted molar refractivity (Wildman–Crippen MR) is 90.5 cm³/mol. The number of rotatable bonds is 6. The number of benzene rings is 2. The highest BCUT2D eigenvalue weighted by atomic mass is 32.2. The van der Waals surface area contributed by atoms with E-state index in [1.54, 1.807) is 37.3 Å². The maximum Gasteiger partial charge on any atom is 0.277 e. The fourth-order valence-corrected chi connectivity index (χ4v) is 2.77. The van der Waals surface area contributed by atoms with Crippen molar-refractivity contribution in [3.63, 3.8) is 0 Å². The number of hydrogen-bond acceptors (Lipinski definition) is 6. The van der Waals surface area contributed by atoms with Gasteiger partial charge < -0.3 is 9.15 Å². The van der Waals surface area contributed by atoms with Crippen molar-refractivity contribution in [3.05, 3.63) is 71.4 Å². The molecule has 0 amide bonds. The molecule has 0 radical (unpaired) electrons. The normalized spacial score (nSPS) is 11.7. The van der Waals surface area contributed by atoms with Gasteiger partial charge in [0.2, 0.25) is 0 Å². The summed E-state index contributed by atoms with van der Waals surface area (Å²) >= 11 is 1.38. The molecule has 0 aliphatic carbocycles. The van der Waals surface area contributed by atoms with Crippen LogP contribution in [-0.4, -0.2) is 10.2 Å². The Labute approximate surface area is 148 Å². The Morgan fingerprint density at radius 3 is 2.68 bits per heavy atom. The van der Waals surface area contributed by atoms with Crippen LogP contribution in [0.25, 0.3) is 0 Å². The van der Waals surface area contributed by atoms with E-state index in [0.717, 1.165) is 5.56 Å². The average Bonchev–Trinajstić information content (AvgIpc) is 3.11. The van der Waals surface area contributed by atoms with Crippen LogP contribution in [-0.2, 0) is 5.75 Å². The van der Waals surface area contributed by atoms with Crippen LogP contribution < -0.4 is 4.74 Å². The molecule has 5 nitrogen and oxygen atoms in total. The lowest BCUT2D eigenvalue weighted by molar-refractivity contribution is 0.174. The van der Waals surface area contributed by atoms with E-state index in [0.29, 0.717) is 16.5 Å². The number of ether oxygens (including phenoxy) is 1. The van der Waals surface area contributed by atoms with Crippen LogP contribution in [0.2, 0.25) is 0 Å². The zero-order chi connectivity index (χ0) is 17.6. The summed E-state index contributed by atoms with van der Waals surface area (Å²) in [7, 11) is 0. The largest absolute Gasteiger partial charge is 0.478 e. The highest BCUT2D eigenvalue weighted by molar-refractivity contribution is 7.98. The van der Waals surface area contributed by atoms with Gasteiger partial charge in [0.1, 0.15) is 0 Å². The van der Waals surface area contributed by atoms with E-state index in [4.69, 9.17) is 14.4 Å². The zero-order valence-electron chi connectivity index (χ0n) is 13.3. The summed E-state index contributed by atoms with van der Waals surface area (Å²) in [6.45, 7) is 1.72. The van der Waals surface area contributed by atoms with Crippen LogP contribution in [0.15, 0.2) is 58.2 Å². The summed E-state index contributed by atoms with van der Waals surface area (Å²) < 4.78 is 24.7. The van der Waals surface area contributed by atoms with Gasteiger partial charge in [0.25, 0.3) is 11.1 Å². The summed E-state index contributed by atoms with van der Waals surface area (Å²) in [6, 6.07) is 15.5. The Kier molecular flexibility index (Phi) is 5.31. The Morgan fingerprint density at radius 1 is 1.20 bits per heavy atom. The predicted octanol–water partition coefficient (Wildman–Crippen LogP) is 4.51. The second-order valence-electron chi connectivity index (χ2n) is 5.19. The summed E-state index contributed by atoms with van der Waals surface area (Å²) in [6.07, 6.45) is -0.561. The van der Waals surface area contributed by atoms with Crippen molar-refractivity contribution < 1.29 is 13.5 Å². The molecule has 126 valence electrons. The lowest BCUT2D eigenvalue weighted by atomic mass is 10.2. The average molecular weight is 355 g/mol. The minimum absolute atomic E-state index is 0.139. The van der Waals surface area contributed by atoms with Crippen LogP contribution in [0.1, 0.15) is 30.0 Å². The molecule has 0 aliphatic rings. The molecule has 0 saturated heterocycles. The number of aromatic nitrogens is 2. The van der Waals surface area contributed by atoms with Crippen LogP contribution in [0.4, 0.5) is 4.39 Å². The Bertz CT molecular complexity index is 890. The van der Waals surface area contributed by atoms with Crippen LogP contribution in [0, 0.1) is 17.1 Å². The zero-order valence-corrected chi connectivity index (χ0v) is 14.2. The third-order valence-electron chi connectivity index (χ3n) is 3.36. The molecule has 1 heterocycles. The molecule has 3 aromatic rings. The van der Waals surface area contributed by atoms with Crippen molar-refractivity contribution in [2.45, 2.75) is 24.0 Å². The maximum absolute atomic E-state index is 13.6. The number of thioether (sulfide) groups is 1. The smallest absolute Gasteiger partial charge is 0.277 e. The molecule has 25 heavy (non-hydrogen) atoms. The summed E-state index contributed by atoms with van der Waals surface area (Å²) in [5, 5.41) is 17.1. The second-order valence-corrected chi connectivity index (χ2v) is 6.12. The van der Waals surface area contributed by atoms with Gasteiger partial charge in [-0.05, 0) is 36.8 Å². The van der Waals surface area contributed by atoms with Crippen LogP contribution >= 0.6 is 11.8 Å². The van der Waals surface area contributed by atoms with Gasteiger partial charge in [-0.25, -0.2) is 4.39 Å². The Morgan fingerprint density at radius 2 is 1.96 bits per heavy atom. The summed E-state index contributed by atoms with van der Waals surface area (Å²) in [5.74, 6) is 0.616. The molecule has 1 atom stereocenters. The van der Waals surface area contributed by atoms with E-state index in [9.17, 15) is 4.39 Å². The molecular formula is C18H14FN3O2S. The number of para-hydroxylation sites is 1. The SMILES string of the molecule is C[C@H](Oc1ccccc1F)c1nnc(SCc2ccc(C#N)cc2)o1. The number of nitriles is 1. The standard InChI is InChI=1S/C18H14FN3O2S/c1-12(23-16-5-3-2-4-15(16)19)17-21-22-18(24-17)25-11-14-8-6-13(10-20)7-9-14/h2-9,12H,11H2,1H3/t12-/m0/s1. The first-order chi connectivity index (χ1) is 12.2. The summed E-state index contributed by atoms with van der Waals surface area (Å²) in [4.78, 5) is 0. The molecule has 0 aliphatic heterocycles. The lowest BCUT2D eigenvalue weighted by Crippen LogP contribution is -2.04. The van der Waals surface area contributed by atoms with Crippen molar-refractivity contribution >= 4 is 11.8 Å². The molecule has 7 heteroatoms. The van der Waals surface area contributed by atoms with Gasteiger partial charge in [0, 0.05) is 5.75 Å². The first kappa shape index (κ1) is 17.0. The number of nitrogens with zero attached hydrogens (tertiary/aromatic N) is 3. The quantitative estimate of drug-likeness (QED) is 0.606. The summed E-state index contributed by atoms with van der Waals surface area (Å²) in [5.41, 5.74) is 1.66. The van der Waals surface area contributed by atoms with E-state index < -0.39 is 11.9 Å². The van der Waals surface area contributed by atoms with Gasteiger partial charge in [0.05, 0.1) is 11.6 Å². The number of hydrogen-bond donors (Lipinski definition) is 0. The molecule has 2 aromatic carbocycles. The Balaban J connectivity index is 1.59. The first-order valence-corrected chi connectivity index (χ1v) is 8.50. The highest BCUT2D eigenvalue weighted by Gasteiger charge is 2.17. The molecular weight excluding hydrogens is 341 g/mol. The minimum Gasteiger partial charge on any atom is -0.478 e. The second kappa shape index (κ2) is 7.81. The van der Waals surface area contributed by atoms with E-state index in [1.165, 1.54) is 17.8 Å². The van der Waals surface area contributed by atoms with Gasteiger partial charge in [0.15, 0.2) is 17.7 Å². The van der Waals surface area contributed by atoms with E-state index >= 15 is 0 Å². The van der Waals surface area contributed by atoms with Gasteiger partial charge in [-0.2, -0.15) is 5.26 Å². The molecule has 3 rings (SSSR count). The molecule has 0 unspecified atom stereocenters. The van der Waals surface area contributed by atoms with Crippen LogP contribution in [0.3, 0.4) is 0 Å². The number of halogens is 1. The lowest BCUT2D eigenvalue weighted by Gasteiger charge is -2.11. The fourth-order valence-electron chi connectivity index (χ4n) is 2.04. The molecule has 0 spiro atoms. The van der Waals surface area contributed by atoms with E-state index in [2.05, 4.69) is 16.3 Å². The third kappa shape index (κ3) is 4.37. The van der Waals surface area contributed by atoms with Crippen LogP contribution in [0.5, 0.6) is 5.75 Å². The minimum atomic E-state index is -0.561. The van der Waals surface area contributed by atoms with Gasteiger partial charge in [-0.3, -0.25) is 0 Å². The van der Waals surface area contributed by atoms with E-state index in [-0.39, 0.29) is 11.6 Å². The van der Waals surface area contributed by atoms with Gasteiger partial charge in [-0.1, -0.05) is 36.0 Å². The topological polar surface area (TPSA) is 71.9 Å². The van der Waals surface area contributed by atoms with Crippen molar-refractivity contribution in [2.24, 2.45) is 0 Å². The van der Waals surface area contributed by atoms with Crippen molar-refractivity contribution in [2.75, 3.05) is 0 Å². The van der Waals surface area contributed by atoms with Gasteiger partial charge >= 0.3 is 0 Å². The first-order valence-electron chi connectivity index (χ1n) is 7.52.